The summed E-state index contributed by atoms with van der Waals surface area (Å²) in [6, 6.07) is 3.97. The third-order valence-corrected chi connectivity index (χ3v) is 1.89. The first kappa shape index (κ1) is 9.68. The fraction of sp³-hybridized carbons (Fsp3) is 0.444. The Balaban J connectivity index is 2.71. The number of aromatic nitrogens is 1. The molecule has 2 nitrogen and oxygen atoms in total. The largest absolute Gasteiger partial charge is 0.325 e. The Morgan fingerprint density at radius 2 is 2.17 bits per heavy atom. The molecule has 66 valence electrons. The number of hydrogen-bond donors (Lipinski definition) is 1. The number of nitrogens with zero attached hydrogens (tertiary/aromatic N) is 1. The van der Waals surface area contributed by atoms with Gasteiger partial charge in [0.25, 0.3) is 0 Å². The van der Waals surface area contributed by atoms with E-state index in [-0.39, 0.29) is 5.54 Å². The number of nitrogens with two attached hydrogens (primary N) is 1. The summed E-state index contributed by atoms with van der Waals surface area (Å²) in [6.45, 7) is 3.99. The Bertz CT molecular complexity index is 248. The van der Waals surface area contributed by atoms with E-state index >= 15 is 0 Å². The van der Waals surface area contributed by atoms with E-state index < -0.39 is 0 Å². The quantitative estimate of drug-likeness (QED) is 0.843. The molecule has 1 heterocycles. The second kappa shape index (κ2) is 3.54. The van der Waals surface area contributed by atoms with Crippen molar-refractivity contribution >= 4 is 15.9 Å². The van der Waals surface area contributed by atoms with Crippen molar-refractivity contribution in [1.29, 1.82) is 0 Å². The van der Waals surface area contributed by atoms with Gasteiger partial charge in [0.2, 0.25) is 0 Å². The van der Waals surface area contributed by atoms with Crippen molar-refractivity contribution in [3.63, 3.8) is 0 Å². The molecule has 0 aliphatic rings. The Hall–Kier alpha value is -0.410. The van der Waals surface area contributed by atoms with Gasteiger partial charge in [-0.1, -0.05) is 0 Å². The van der Waals surface area contributed by atoms with Gasteiger partial charge in [0, 0.05) is 28.3 Å². The lowest BCUT2D eigenvalue weighted by Gasteiger charge is -2.17. The summed E-state index contributed by atoms with van der Waals surface area (Å²) in [5, 5.41) is 0. The lowest BCUT2D eigenvalue weighted by Crippen LogP contribution is -2.34. The zero-order valence-corrected chi connectivity index (χ0v) is 8.93. The van der Waals surface area contributed by atoms with Crippen molar-refractivity contribution in [3.05, 3.63) is 28.5 Å². The lowest BCUT2D eigenvalue weighted by atomic mass is 10.00. The van der Waals surface area contributed by atoms with E-state index in [2.05, 4.69) is 20.9 Å². The molecule has 0 radical (unpaired) electrons. The molecule has 2 N–H and O–H groups in total. The van der Waals surface area contributed by atoms with Crippen molar-refractivity contribution < 1.29 is 0 Å². The fourth-order valence-electron chi connectivity index (χ4n) is 0.978. The maximum absolute atomic E-state index is 5.85. The van der Waals surface area contributed by atoms with Crippen molar-refractivity contribution in [2.75, 3.05) is 0 Å². The normalized spacial score (nSPS) is 11.7. The first-order valence-corrected chi connectivity index (χ1v) is 4.66. The van der Waals surface area contributed by atoms with Crippen molar-refractivity contribution in [1.82, 2.24) is 4.98 Å². The maximum Gasteiger partial charge on any atom is 0.0422 e. The van der Waals surface area contributed by atoms with Crippen molar-refractivity contribution in [2.45, 2.75) is 25.8 Å². The summed E-state index contributed by atoms with van der Waals surface area (Å²) >= 11 is 3.33. The summed E-state index contributed by atoms with van der Waals surface area (Å²) < 4.78 is 1.00. The highest BCUT2D eigenvalue weighted by Crippen LogP contribution is 2.11. The summed E-state index contributed by atoms with van der Waals surface area (Å²) in [7, 11) is 0. The predicted octanol–water partition coefficient (Wildman–Crippen LogP) is 2.12. The third-order valence-electron chi connectivity index (χ3n) is 1.43. The van der Waals surface area contributed by atoms with Gasteiger partial charge in [-0.15, -0.1) is 0 Å². The second-order valence-corrected chi connectivity index (χ2v) is 4.55. The minimum atomic E-state index is -0.180. The van der Waals surface area contributed by atoms with Crippen LogP contribution in [0.4, 0.5) is 0 Å². The molecular weight excluding hydrogens is 216 g/mol. The first-order valence-electron chi connectivity index (χ1n) is 3.87. The van der Waals surface area contributed by atoms with Gasteiger partial charge in [0.15, 0.2) is 0 Å². The molecule has 12 heavy (non-hydrogen) atoms. The van der Waals surface area contributed by atoms with Crippen molar-refractivity contribution in [2.24, 2.45) is 5.73 Å². The number of rotatable bonds is 2. The molecular formula is C9H13BrN2. The highest BCUT2D eigenvalue weighted by molar-refractivity contribution is 9.10. The molecule has 1 aromatic rings. The highest BCUT2D eigenvalue weighted by Gasteiger charge is 2.11. The van der Waals surface area contributed by atoms with Crippen molar-refractivity contribution in [3.8, 4) is 0 Å². The molecule has 1 aromatic heterocycles. The molecule has 0 aliphatic heterocycles. The fourth-order valence-corrected chi connectivity index (χ4v) is 1.21. The summed E-state index contributed by atoms with van der Waals surface area (Å²) in [5.74, 6) is 0. The van der Waals surface area contributed by atoms with Crippen LogP contribution in [0.25, 0.3) is 0 Å². The molecule has 0 bridgehead atoms. The van der Waals surface area contributed by atoms with E-state index in [1.807, 2.05) is 26.0 Å². The van der Waals surface area contributed by atoms with Gasteiger partial charge in [-0.2, -0.15) is 0 Å². The molecule has 3 heteroatoms. The SMILES string of the molecule is CC(C)(N)Cc1ccc(Br)cn1. The van der Waals surface area contributed by atoms with Crippen LogP contribution >= 0.6 is 15.9 Å². The zero-order chi connectivity index (χ0) is 9.19. The second-order valence-electron chi connectivity index (χ2n) is 3.63. The molecule has 0 saturated heterocycles. The number of pyridine rings is 1. The van der Waals surface area contributed by atoms with E-state index in [9.17, 15) is 0 Å². The molecule has 0 aromatic carbocycles. The Kier molecular flexibility index (Phi) is 2.85. The molecule has 0 amide bonds. The predicted molar refractivity (Wildman–Crippen MR) is 53.9 cm³/mol. The molecule has 0 unspecified atom stereocenters. The minimum absolute atomic E-state index is 0.180. The van der Waals surface area contributed by atoms with Crippen LogP contribution in [-0.4, -0.2) is 10.5 Å². The topological polar surface area (TPSA) is 38.9 Å². The van der Waals surface area contributed by atoms with Gasteiger partial charge in [0.1, 0.15) is 0 Å². The van der Waals surface area contributed by atoms with Crippen LogP contribution in [0.1, 0.15) is 19.5 Å². The van der Waals surface area contributed by atoms with Gasteiger partial charge < -0.3 is 5.73 Å². The average molecular weight is 229 g/mol. The Morgan fingerprint density at radius 3 is 2.58 bits per heavy atom. The number of hydrogen-bond acceptors (Lipinski definition) is 2. The summed E-state index contributed by atoms with van der Waals surface area (Å²) in [6.07, 6.45) is 2.60. The van der Waals surface area contributed by atoms with Crippen LogP contribution in [-0.2, 0) is 6.42 Å². The molecule has 0 spiro atoms. The Labute approximate surface area is 81.3 Å². The van der Waals surface area contributed by atoms with Crippen LogP contribution < -0.4 is 5.73 Å². The molecule has 0 saturated carbocycles. The highest BCUT2D eigenvalue weighted by atomic mass is 79.9. The smallest absolute Gasteiger partial charge is 0.0422 e. The lowest BCUT2D eigenvalue weighted by molar-refractivity contribution is 0.510. The Morgan fingerprint density at radius 1 is 1.50 bits per heavy atom. The van der Waals surface area contributed by atoms with E-state index in [0.717, 1.165) is 16.6 Å². The van der Waals surface area contributed by atoms with E-state index in [4.69, 9.17) is 5.73 Å². The van der Waals surface area contributed by atoms with Gasteiger partial charge >= 0.3 is 0 Å². The van der Waals surface area contributed by atoms with Crippen LogP contribution in [0.2, 0.25) is 0 Å². The molecule has 0 fully saturated rings. The first-order chi connectivity index (χ1) is 5.47. The maximum atomic E-state index is 5.85. The van der Waals surface area contributed by atoms with Gasteiger partial charge in [-0.25, -0.2) is 0 Å². The molecule has 0 aliphatic carbocycles. The van der Waals surface area contributed by atoms with Crippen LogP contribution in [0, 0.1) is 0 Å². The summed E-state index contributed by atoms with van der Waals surface area (Å²) in [5.41, 5.74) is 6.71. The van der Waals surface area contributed by atoms with Gasteiger partial charge in [0.05, 0.1) is 0 Å². The standard InChI is InChI=1S/C9H13BrN2/c1-9(2,11)5-8-4-3-7(10)6-12-8/h3-4,6H,5,11H2,1-2H3. The van der Waals surface area contributed by atoms with Gasteiger partial charge in [-0.05, 0) is 41.9 Å². The molecule has 1 rings (SSSR count). The third kappa shape index (κ3) is 3.32. The van der Waals surface area contributed by atoms with Crippen LogP contribution in [0.5, 0.6) is 0 Å². The van der Waals surface area contributed by atoms with Crippen LogP contribution in [0.3, 0.4) is 0 Å². The summed E-state index contributed by atoms with van der Waals surface area (Å²) in [4.78, 5) is 4.24. The number of halogens is 1. The zero-order valence-electron chi connectivity index (χ0n) is 7.34. The minimum Gasteiger partial charge on any atom is -0.325 e. The van der Waals surface area contributed by atoms with E-state index in [1.54, 1.807) is 6.20 Å². The van der Waals surface area contributed by atoms with E-state index in [0.29, 0.717) is 0 Å². The molecule has 0 atom stereocenters. The average Bonchev–Trinajstić information content (AvgIpc) is 1.91. The van der Waals surface area contributed by atoms with Gasteiger partial charge in [-0.3, -0.25) is 4.98 Å². The van der Waals surface area contributed by atoms with E-state index in [1.165, 1.54) is 0 Å². The monoisotopic (exact) mass is 228 g/mol. The van der Waals surface area contributed by atoms with Crippen LogP contribution in [0.15, 0.2) is 22.8 Å².